The third kappa shape index (κ3) is 1.78. The highest BCUT2D eigenvalue weighted by atomic mass is 14.7. The normalized spacial score (nSPS) is 11.5. The number of hydrogen-bond donors (Lipinski definition) is 1. The molecule has 0 aliphatic carbocycles. The Labute approximate surface area is 133 Å². The maximum Gasteiger partial charge on any atom is 0.0809 e. The van der Waals surface area contributed by atoms with Gasteiger partial charge in [-0.25, -0.2) is 4.98 Å². The Bertz CT molecular complexity index is 1170. The van der Waals surface area contributed by atoms with E-state index in [1.807, 2.05) is 6.07 Å². The number of aromatic amines is 1. The summed E-state index contributed by atoms with van der Waals surface area (Å²) in [5.74, 6) is 0. The number of benzene rings is 3. The minimum absolute atomic E-state index is 1.03. The zero-order chi connectivity index (χ0) is 15.2. The van der Waals surface area contributed by atoms with Crippen molar-refractivity contribution in [2.24, 2.45) is 0 Å². The molecule has 2 heterocycles. The van der Waals surface area contributed by atoms with Crippen molar-refractivity contribution >= 4 is 32.6 Å². The van der Waals surface area contributed by atoms with E-state index in [0.717, 1.165) is 22.3 Å². The average molecular weight is 294 g/mol. The first-order valence-corrected chi connectivity index (χ1v) is 7.76. The molecule has 0 aliphatic heterocycles. The maximum atomic E-state index is 4.98. The second kappa shape index (κ2) is 4.68. The van der Waals surface area contributed by atoms with E-state index < -0.39 is 0 Å². The minimum Gasteiger partial charge on any atom is -0.360 e. The summed E-state index contributed by atoms with van der Waals surface area (Å²) in [5.41, 5.74) is 4.37. The van der Waals surface area contributed by atoms with E-state index in [-0.39, 0.29) is 0 Å². The van der Waals surface area contributed by atoms with Crippen LogP contribution in [0.4, 0.5) is 0 Å². The molecule has 0 atom stereocenters. The molecule has 0 aliphatic rings. The Kier molecular flexibility index (Phi) is 2.53. The molecule has 2 nitrogen and oxygen atoms in total. The molecule has 0 saturated heterocycles. The van der Waals surface area contributed by atoms with Gasteiger partial charge in [0.15, 0.2) is 0 Å². The first-order valence-electron chi connectivity index (χ1n) is 7.76. The van der Waals surface area contributed by atoms with Crippen LogP contribution in [-0.4, -0.2) is 9.97 Å². The van der Waals surface area contributed by atoms with Gasteiger partial charge in [-0.3, -0.25) is 0 Å². The van der Waals surface area contributed by atoms with Crippen LogP contribution in [0.3, 0.4) is 0 Å². The van der Waals surface area contributed by atoms with Gasteiger partial charge in [-0.2, -0.15) is 0 Å². The van der Waals surface area contributed by atoms with E-state index in [4.69, 9.17) is 4.98 Å². The molecule has 3 aromatic carbocycles. The fraction of sp³-hybridized carbons (Fsp3) is 0. The standard InChI is InChI=1S/C21H14N2/c1-2-10-17-14(7-1)15-8-4-6-12-20(15)23-21(17)18-13-22-19-11-5-3-9-16(18)19/h1-13,22H. The largest absolute Gasteiger partial charge is 0.360 e. The first kappa shape index (κ1) is 12.4. The highest BCUT2D eigenvalue weighted by Gasteiger charge is 2.13. The third-order valence-electron chi connectivity index (χ3n) is 4.45. The summed E-state index contributed by atoms with van der Waals surface area (Å²) in [6.07, 6.45) is 2.06. The number of nitrogens with one attached hydrogen (secondary N) is 1. The quantitative estimate of drug-likeness (QED) is 0.404. The lowest BCUT2D eigenvalue weighted by molar-refractivity contribution is 1.42. The smallest absolute Gasteiger partial charge is 0.0809 e. The van der Waals surface area contributed by atoms with Crippen LogP contribution < -0.4 is 0 Å². The molecule has 5 aromatic rings. The molecular formula is C21H14N2. The fourth-order valence-electron chi connectivity index (χ4n) is 3.38. The van der Waals surface area contributed by atoms with Crippen molar-refractivity contribution in [1.29, 1.82) is 0 Å². The molecule has 2 aromatic heterocycles. The summed E-state index contributed by atoms with van der Waals surface area (Å²) < 4.78 is 0. The zero-order valence-electron chi connectivity index (χ0n) is 12.5. The lowest BCUT2D eigenvalue weighted by atomic mass is 10.00. The van der Waals surface area contributed by atoms with E-state index in [1.165, 1.54) is 21.5 Å². The molecule has 23 heavy (non-hydrogen) atoms. The van der Waals surface area contributed by atoms with E-state index in [0.29, 0.717) is 0 Å². The molecule has 108 valence electrons. The number of nitrogens with zero attached hydrogens (tertiary/aromatic N) is 1. The van der Waals surface area contributed by atoms with E-state index in [1.54, 1.807) is 0 Å². The van der Waals surface area contributed by atoms with Crippen LogP contribution in [0, 0.1) is 0 Å². The predicted molar refractivity (Wildman–Crippen MR) is 96.5 cm³/mol. The lowest BCUT2D eigenvalue weighted by Gasteiger charge is -2.09. The molecule has 0 amide bonds. The van der Waals surface area contributed by atoms with E-state index in [2.05, 4.69) is 77.9 Å². The van der Waals surface area contributed by atoms with Gasteiger partial charge in [-0.05, 0) is 17.5 Å². The fourth-order valence-corrected chi connectivity index (χ4v) is 3.38. The molecular weight excluding hydrogens is 280 g/mol. The average Bonchev–Trinajstić information content (AvgIpc) is 3.05. The third-order valence-corrected chi connectivity index (χ3v) is 4.45. The van der Waals surface area contributed by atoms with E-state index in [9.17, 15) is 0 Å². The predicted octanol–water partition coefficient (Wildman–Crippen LogP) is 5.54. The lowest BCUT2D eigenvalue weighted by Crippen LogP contribution is -1.88. The van der Waals surface area contributed by atoms with Crippen LogP contribution in [0.5, 0.6) is 0 Å². The van der Waals surface area contributed by atoms with Crippen LogP contribution in [-0.2, 0) is 0 Å². The first-order chi connectivity index (χ1) is 11.4. The summed E-state index contributed by atoms with van der Waals surface area (Å²) in [6.45, 7) is 0. The number of hydrogen-bond acceptors (Lipinski definition) is 1. The van der Waals surface area contributed by atoms with Gasteiger partial charge in [-0.15, -0.1) is 0 Å². The summed E-state index contributed by atoms with van der Waals surface area (Å²) in [5, 5.41) is 4.85. The van der Waals surface area contributed by atoms with Crippen LogP contribution in [0.2, 0.25) is 0 Å². The van der Waals surface area contributed by atoms with Crippen molar-refractivity contribution < 1.29 is 0 Å². The van der Waals surface area contributed by atoms with Crippen molar-refractivity contribution in [2.75, 3.05) is 0 Å². The van der Waals surface area contributed by atoms with Gasteiger partial charge in [0.05, 0.1) is 11.2 Å². The SMILES string of the molecule is c1ccc2c(c1)nc(-c1c[nH]c3ccccc13)c1ccccc12. The maximum absolute atomic E-state index is 4.98. The van der Waals surface area contributed by atoms with E-state index >= 15 is 0 Å². The number of para-hydroxylation sites is 2. The summed E-state index contributed by atoms with van der Waals surface area (Å²) in [6, 6.07) is 25.2. The van der Waals surface area contributed by atoms with Crippen molar-refractivity contribution in [2.45, 2.75) is 0 Å². The molecule has 0 radical (unpaired) electrons. The number of fused-ring (bicyclic) bond motifs is 4. The number of aromatic nitrogens is 2. The molecule has 2 heteroatoms. The van der Waals surface area contributed by atoms with Crippen LogP contribution in [0.1, 0.15) is 0 Å². The number of H-pyrrole nitrogens is 1. The summed E-state index contributed by atoms with van der Waals surface area (Å²) in [4.78, 5) is 8.34. The van der Waals surface area contributed by atoms with Gasteiger partial charge in [0, 0.05) is 33.4 Å². The van der Waals surface area contributed by atoms with Crippen LogP contribution in [0.15, 0.2) is 79.0 Å². The Morgan fingerprint density at radius 1 is 0.609 bits per heavy atom. The van der Waals surface area contributed by atoms with Crippen LogP contribution in [0.25, 0.3) is 43.8 Å². The highest BCUT2D eigenvalue weighted by molar-refractivity contribution is 6.13. The topological polar surface area (TPSA) is 28.7 Å². The highest BCUT2D eigenvalue weighted by Crippen LogP contribution is 2.35. The van der Waals surface area contributed by atoms with Gasteiger partial charge in [0.1, 0.15) is 0 Å². The molecule has 0 spiro atoms. The van der Waals surface area contributed by atoms with Gasteiger partial charge in [0.2, 0.25) is 0 Å². The monoisotopic (exact) mass is 294 g/mol. The van der Waals surface area contributed by atoms with Gasteiger partial charge in [0.25, 0.3) is 0 Å². The van der Waals surface area contributed by atoms with Crippen molar-refractivity contribution in [3.63, 3.8) is 0 Å². The Morgan fingerprint density at radius 2 is 1.26 bits per heavy atom. The van der Waals surface area contributed by atoms with Gasteiger partial charge in [-0.1, -0.05) is 60.7 Å². The number of pyridine rings is 1. The van der Waals surface area contributed by atoms with Crippen molar-refractivity contribution in [1.82, 2.24) is 9.97 Å². The van der Waals surface area contributed by atoms with Crippen molar-refractivity contribution in [3.8, 4) is 11.3 Å². The second-order valence-electron chi connectivity index (χ2n) is 5.77. The molecule has 1 N–H and O–H groups in total. The Balaban J connectivity index is 1.97. The Morgan fingerprint density at radius 3 is 2.13 bits per heavy atom. The summed E-state index contributed by atoms with van der Waals surface area (Å²) in [7, 11) is 0. The molecule has 0 bridgehead atoms. The number of rotatable bonds is 1. The molecule has 5 rings (SSSR count). The molecule has 0 unspecified atom stereocenters. The van der Waals surface area contributed by atoms with Gasteiger partial charge < -0.3 is 4.98 Å². The summed E-state index contributed by atoms with van der Waals surface area (Å²) >= 11 is 0. The second-order valence-corrected chi connectivity index (χ2v) is 5.77. The molecule has 0 fully saturated rings. The van der Waals surface area contributed by atoms with Crippen molar-refractivity contribution in [3.05, 3.63) is 79.0 Å². The van der Waals surface area contributed by atoms with Crippen LogP contribution >= 0.6 is 0 Å². The molecule has 0 saturated carbocycles. The minimum atomic E-state index is 1.03. The van der Waals surface area contributed by atoms with Gasteiger partial charge >= 0.3 is 0 Å². The zero-order valence-corrected chi connectivity index (χ0v) is 12.5. The Hall–Kier alpha value is -3.13.